The molecule has 4 heteroatoms. The lowest BCUT2D eigenvalue weighted by molar-refractivity contribution is -0.128. The minimum Gasteiger partial charge on any atom is -0.493 e. The summed E-state index contributed by atoms with van der Waals surface area (Å²) >= 11 is 0. The average Bonchev–Trinajstić information content (AvgIpc) is 2.34. The van der Waals surface area contributed by atoms with Crippen LogP contribution in [0.3, 0.4) is 0 Å². The largest absolute Gasteiger partial charge is 0.493 e. The Balaban J connectivity index is 2.33. The Labute approximate surface area is 102 Å². The highest BCUT2D eigenvalue weighted by Gasteiger charge is 2.04. The van der Waals surface area contributed by atoms with Crippen molar-refractivity contribution < 1.29 is 14.6 Å². The van der Waals surface area contributed by atoms with E-state index in [1.807, 2.05) is 24.3 Å². The second-order valence-corrected chi connectivity index (χ2v) is 4.01. The second-order valence-electron chi connectivity index (χ2n) is 4.01. The van der Waals surface area contributed by atoms with Crippen LogP contribution >= 0.6 is 0 Å². The van der Waals surface area contributed by atoms with Crippen LogP contribution in [0.1, 0.15) is 18.4 Å². The SMILES string of the molecule is CN(C)C(=O)CCCOc1ccccc1CO. The van der Waals surface area contributed by atoms with Gasteiger partial charge in [0, 0.05) is 26.1 Å². The molecule has 0 aromatic heterocycles. The molecule has 0 unspecified atom stereocenters. The molecule has 0 heterocycles. The minimum atomic E-state index is -0.0349. The van der Waals surface area contributed by atoms with E-state index >= 15 is 0 Å². The summed E-state index contributed by atoms with van der Waals surface area (Å²) in [4.78, 5) is 12.9. The van der Waals surface area contributed by atoms with E-state index in [2.05, 4.69) is 0 Å². The molecule has 0 atom stereocenters. The van der Waals surface area contributed by atoms with Gasteiger partial charge in [-0.05, 0) is 12.5 Å². The van der Waals surface area contributed by atoms with Gasteiger partial charge in [0.15, 0.2) is 0 Å². The van der Waals surface area contributed by atoms with Crippen LogP contribution in [0.2, 0.25) is 0 Å². The monoisotopic (exact) mass is 237 g/mol. The minimum absolute atomic E-state index is 0.0349. The van der Waals surface area contributed by atoms with E-state index in [0.29, 0.717) is 25.2 Å². The zero-order valence-corrected chi connectivity index (χ0v) is 10.3. The first-order valence-corrected chi connectivity index (χ1v) is 5.67. The highest BCUT2D eigenvalue weighted by molar-refractivity contribution is 5.75. The predicted octanol–water partition coefficient (Wildman–Crippen LogP) is 1.43. The van der Waals surface area contributed by atoms with Crippen LogP contribution in [0, 0.1) is 0 Å². The zero-order chi connectivity index (χ0) is 12.7. The highest BCUT2D eigenvalue weighted by Crippen LogP contribution is 2.17. The van der Waals surface area contributed by atoms with Gasteiger partial charge in [-0.15, -0.1) is 0 Å². The lowest BCUT2D eigenvalue weighted by Crippen LogP contribution is -2.21. The van der Waals surface area contributed by atoms with E-state index < -0.39 is 0 Å². The molecule has 0 radical (unpaired) electrons. The van der Waals surface area contributed by atoms with Gasteiger partial charge in [0.1, 0.15) is 5.75 Å². The maximum atomic E-state index is 11.3. The summed E-state index contributed by atoms with van der Waals surface area (Å²) in [6, 6.07) is 7.35. The predicted molar refractivity (Wildman–Crippen MR) is 65.8 cm³/mol. The number of benzene rings is 1. The number of nitrogens with zero attached hydrogens (tertiary/aromatic N) is 1. The molecule has 1 amide bonds. The smallest absolute Gasteiger partial charge is 0.222 e. The van der Waals surface area contributed by atoms with Gasteiger partial charge in [-0.1, -0.05) is 18.2 Å². The third-order valence-corrected chi connectivity index (χ3v) is 2.43. The number of hydrogen-bond donors (Lipinski definition) is 1. The number of rotatable bonds is 6. The molecule has 0 fully saturated rings. The molecule has 94 valence electrons. The Morgan fingerprint density at radius 3 is 2.71 bits per heavy atom. The van der Waals surface area contributed by atoms with Gasteiger partial charge in [0.25, 0.3) is 0 Å². The molecular weight excluding hydrogens is 218 g/mol. The maximum absolute atomic E-state index is 11.3. The summed E-state index contributed by atoms with van der Waals surface area (Å²) in [5.74, 6) is 0.788. The van der Waals surface area contributed by atoms with Crippen molar-refractivity contribution in [3.05, 3.63) is 29.8 Å². The Hall–Kier alpha value is -1.55. The average molecular weight is 237 g/mol. The third kappa shape index (κ3) is 4.44. The molecule has 1 aromatic carbocycles. The molecule has 0 saturated heterocycles. The summed E-state index contributed by atoms with van der Waals surface area (Å²) in [5, 5.41) is 9.10. The molecule has 0 spiro atoms. The van der Waals surface area contributed by atoms with Crippen molar-refractivity contribution in [1.29, 1.82) is 0 Å². The van der Waals surface area contributed by atoms with E-state index in [9.17, 15) is 4.79 Å². The summed E-state index contributed by atoms with van der Waals surface area (Å²) < 4.78 is 5.53. The van der Waals surface area contributed by atoms with Gasteiger partial charge < -0.3 is 14.7 Å². The van der Waals surface area contributed by atoms with Crippen LogP contribution in [-0.2, 0) is 11.4 Å². The first-order valence-electron chi connectivity index (χ1n) is 5.67. The number of carbonyl (C=O) groups excluding carboxylic acids is 1. The topological polar surface area (TPSA) is 49.8 Å². The molecule has 4 nitrogen and oxygen atoms in total. The van der Waals surface area contributed by atoms with Crippen LogP contribution in [0.4, 0.5) is 0 Å². The quantitative estimate of drug-likeness (QED) is 0.761. The fourth-order valence-corrected chi connectivity index (χ4v) is 1.40. The van der Waals surface area contributed by atoms with Crippen molar-refractivity contribution in [2.75, 3.05) is 20.7 Å². The Morgan fingerprint density at radius 2 is 2.06 bits per heavy atom. The van der Waals surface area contributed by atoms with Gasteiger partial charge >= 0.3 is 0 Å². The molecule has 17 heavy (non-hydrogen) atoms. The summed E-state index contributed by atoms with van der Waals surface area (Å²) in [6.07, 6.45) is 1.16. The van der Waals surface area contributed by atoms with E-state index in [-0.39, 0.29) is 12.5 Å². The molecule has 1 N–H and O–H groups in total. The summed E-state index contributed by atoms with van der Waals surface area (Å²) in [7, 11) is 3.48. The molecule has 0 aliphatic rings. The summed E-state index contributed by atoms with van der Waals surface area (Å²) in [5.41, 5.74) is 0.770. The van der Waals surface area contributed by atoms with Crippen molar-refractivity contribution in [2.24, 2.45) is 0 Å². The number of carbonyl (C=O) groups is 1. The first kappa shape index (κ1) is 13.5. The van der Waals surface area contributed by atoms with Crippen molar-refractivity contribution in [3.8, 4) is 5.75 Å². The van der Waals surface area contributed by atoms with Gasteiger partial charge in [0.05, 0.1) is 13.2 Å². The standard InChI is InChI=1S/C13H19NO3/c1-14(2)13(16)8-5-9-17-12-7-4-3-6-11(12)10-15/h3-4,6-7,15H,5,8-10H2,1-2H3. The van der Waals surface area contributed by atoms with Crippen LogP contribution in [0.15, 0.2) is 24.3 Å². The third-order valence-electron chi connectivity index (χ3n) is 2.43. The second kappa shape index (κ2) is 6.91. The normalized spacial score (nSPS) is 10.1. The molecule has 1 rings (SSSR count). The molecular formula is C13H19NO3. The molecule has 0 bridgehead atoms. The van der Waals surface area contributed by atoms with E-state index in [0.717, 1.165) is 5.56 Å². The Bertz CT molecular complexity index is 363. The number of hydrogen-bond acceptors (Lipinski definition) is 3. The lowest BCUT2D eigenvalue weighted by Gasteiger charge is -2.11. The fourth-order valence-electron chi connectivity index (χ4n) is 1.40. The Morgan fingerprint density at radius 1 is 1.35 bits per heavy atom. The zero-order valence-electron chi connectivity index (χ0n) is 10.3. The van der Waals surface area contributed by atoms with Crippen molar-refractivity contribution in [3.63, 3.8) is 0 Å². The van der Waals surface area contributed by atoms with Crippen LogP contribution in [-0.4, -0.2) is 36.6 Å². The van der Waals surface area contributed by atoms with Gasteiger partial charge in [-0.25, -0.2) is 0 Å². The van der Waals surface area contributed by atoms with Crippen LogP contribution in [0.25, 0.3) is 0 Å². The summed E-state index contributed by atoms with van der Waals surface area (Å²) in [6.45, 7) is 0.448. The highest BCUT2D eigenvalue weighted by atomic mass is 16.5. The van der Waals surface area contributed by atoms with E-state index in [1.54, 1.807) is 19.0 Å². The molecule has 0 aliphatic heterocycles. The number of aliphatic hydroxyl groups is 1. The van der Waals surface area contributed by atoms with Crippen LogP contribution in [0.5, 0.6) is 5.75 Å². The molecule has 0 saturated carbocycles. The van der Waals surface area contributed by atoms with Gasteiger partial charge in [-0.3, -0.25) is 4.79 Å². The van der Waals surface area contributed by atoms with Crippen LogP contribution < -0.4 is 4.74 Å². The Kier molecular flexibility index (Phi) is 5.49. The van der Waals surface area contributed by atoms with E-state index in [1.165, 1.54) is 0 Å². The number of ether oxygens (including phenoxy) is 1. The maximum Gasteiger partial charge on any atom is 0.222 e. The molecule has 1 aromatic rings. The number of amides is 1. The first-order chi connectivity index (χ1) is 8.15. The number of aliphatic hydroxyl groups excluding tert-OH is 1. The van der Waals surface area contributed by atoms with E-state index in [4.69, 9.17) is 9.84 Å². The fraction of sp³-hybridized carbons (Fsp3) is 0.462. The van der Waals surface area contributed by atoms with Gasteiger partial charge in [-0.2, -0.15) is 0 Å². The lowest BCUT2D eigenvalue weighted by atomic mass is 10.2. The number of para-hydroxylation sites is 1. The van der Waals surface area contributed by atoms with Crippen molar-refractivity contribution in [2.45, 2.75) is 19.4 Å². The van der Waals surface area contributed by atoms with Crippen molar-refractivity contribution >= 4 is 5.91 Å². The van der Waals surface area contributed by atoms with Crippen molar-refractivity contribution in [1.82, 2.24) is 4.90 Å². The van der Waals surface area contributed by atoms with Gasteiger partial charge in [0.2, 0.25) is 5.91 Å². The molecule has 0 aliphatic carbocycles.